The molecule has 5 rings (SSSR count). The number of aromatic nitrogens is 1. The zero-order valence-corrected chi connectivity index (χ0v) is 21.8. The second-order valence-electron chi connectivity index (χ2n) is 8.95. The lowest BCUT2D eigenvalue weighted by Crippen LogP contribution is -2.46. The highest BCUT2D eigenvalue weighted by Gasteiger charge is 2.35. The van der Waals surface area contributed by atoms with E-state index in [9.17, 15) is 18.8 Å². The van der Waals surface area contributed by atoms with Crippen LogP contribution in [0.4, 0.5) is 15.9 Å². The van der Waals surface area contributed by atoms with Gasteiger partial charge in [0.25, 0.3) is 11.8 Å². The Kier molecular flexibility index (Phi) is 7.58. The fourth-order valence-electron chi connectivity index (χ4n) is 4.32. The molecule has 7 nitrogen and oxygen atoms in total. The van der Waals surface area contributed by atoms with E-state index in [-0.39, 0.29) is 30.1 Å². The standard InChI is InChI=1S/C29H21Cl2FN4O3/c30-22-11-6-18(13-23(22)31)14-25-28(38)34-24-15-20(32)9-10-21(24)29(39)36(25)16-17-4-7-19(8-5-17)27(37)35-26-3-1-2-12-33-26/h1-13,15,25H,14,16H2,(H,34,38)(H,33,35,37). The summed E-state index contributed by atoms with van der Waals surface area (Å²) in [5.74, 6) is -1.39. The van der Waals surface area contributed by atoms with E-state index in [1.165, 1.54) is 17.0 Å². The van der Waals surface area contributed by atoms with Crippen molar-refractivity contribution in [2.45, 2.75) is 19.0 Å². The van der Waals surface area contributed by atoms with Crippen LogP contribution in [0.5, 0.6) is 0 Å². The molecule has 0 saturated heterocycles. The Morgan fingerprint density at radius 2 is 1.72 bits per heavy atom. The maximum absolute atomic E-state index is 14.0. The minimum absolute atomic E-state index is 0.0667. The molecule has 10 heteroatoms. The van der Waals surface area contributed by atoms with Crippen molar-refractivity contribution in [3.8, 4) is 0 Å². The molecule has 39 heavy (non-hydrogen) atoms. The number of carbonyl (C=O) groups excluding carboxylic acids is 3. The maximum atomic E-state index is 14.0. The summed E-state index contributed by atoms with van der Waals surface area (Å²) in [6, 6.07) is 19.6. The van der Waals surface area contributed by atoms with Gasteiger partial charge in [-0.1, -0.05) is 47.5 Å². The van der Waals surface area contributed by atoms with E-state index in [0.717, 1.165) is 6.07 Å². The predicted octanol–water partition coefficient (Wildman–Crippen LogP) is 5.99. The third-order valence-corrected chi connectivity index (χ3v) is 7.04. The van der Waals surface area contributed by atoms with Gasteiger partial charge in [0.15, 0.2) is 0 Å². The first-order valence-electron chi connectivity index (χ1n) is 11.9. The number of benzene rings is 3. The van der Waals surface area contributed by atoms with Gasteiger partial charge in [-0.25, -0.2) is 9.37 Å². The van der Waals surface area contributed by atoms with Crippen LogP contribution in [0.2, 0.25) is 10.0 Å². The zero-order valence-electron chi connectivity index (χ0n) is 20.3. The lowest BCUT2D eigenvalue weighted by atomic mass is 10.0. The molecular weight excluding hydrogens is 542 g/mol. The smallest absolute Gasteiger partial charge is 0.256 e. The van der Waals surface area contributed by atoms with E-state index in [0.29, 0.717) is 32.6 Å². The molecule has 1 atom stereocenters. The second-order valence-corrected chi connectivity index (χ2v) is 9.76. The Hall–Kier alpha value is -4.27. The van der Waals surface area contributed by atoms with Crippen molar-refractivity contribution in [1.82, 2.24) is 9.88 Å². The van der Waals surface area contributed by atoms with Crippen LogP contribution in [0.25, 0.3) is 0 Å². The van der Waals surface area contributed by atoms with Crippen molar-refractivity contribution in [3.05, 3.63) is 123 Å². The Morgan fingerprint density at radius 3 is 2.44 bits per heavy atom. The van der Waals surface area contributed by atoms with E-state index < -0.39 is 23.7 Å². The number of anilines is 2. The summed E-state index contributed by atoms with van der Waals surface area (Å²) in [6.45, 7) is 0.0667. The lowest BCUT2D eigenvalue weighted by molar-refractivity contribution is -0.120. The fraction of sp³-hybridized carbons (Fsp3) is 0.103. The van der Waals surface area contributed by atoms with Gasteiger partial charge in [0.05, 0.1) is 21.3 Å². The van der Waals surface area contributed by atoms with E-state index in [2.05, 4.69) is 15.6 Å². The van der Waals surface area contributed by atoms with E-state index in [4.69, 9.17) is 23.2 Å². The highest BCUT2D eigenvalue weighted by molar-refractivity contribution is 6.42. The molecule has 3 aromatic carbocycles. The van der Waals surface area contributed by atoms with Gasteiger partial charge < -0.3 is 15.5 Å². The predicted molar refractivity (Wildman–Crippen MR) is 147 cm³/mol. The molecule has 0 fully saturated rings. The quantitative estimate of drug-likeness (QED) is 0.302. The van der Waals surface area contributed by atoms with Crippen LogP contribution in [0.1, 0.15) is 31.8 Å². The number of fused-ring (bicyclic) bond motifs is 1. The number of carbonyl (C=O) groups is 3. The van der Waals surface area contributed by atoms with E-state index >= 15 is 0 Å². The number of hydrogen-bond donors (Lipinski definition) is 2. The van der Waals surface area contributed by atoms with Gasteiger partial charge in [-0.3, -0.25) is 14.4 Å². The maximum Gasteiger partial charge on any atom is 0.256 e. The highest BCUT2D eigenvalue weighted by atomic mass is 35.5. The SMILES string of the molecule is O=C(Nc1ccccn1)c1ccc(CN2C(=O)c3ccc(F)cc3NC(=O)C2Cc2ccc(Cl)c(Cl)c2)cc1. The topological polar surface area (TPSA) is 91.4 Å². The van der Waals surface area contributed by atoms with Crippen molar-refractivity contribution in [2.24, 2.45) is 0 Å². The summed E-state index contributed by atoms with van der Waals surface area (Å²) in [4.78, 5) is 45.2. The molecule has 1 aromatic heterocycles. The van der Waals surface area contributed by atoms with Crippen LogP contribution >= 0.6 is 23.2 Å². The van der Waals surface area contributed by atoms with Gasteiger partial charge >= 0.3 is 0 Å². The van der Waals surface area contributed by atoms with E-state index in [1.54, 1.807) is 66.9 Å². The summed E-state index contributed by atoms with van der Waals surface area (Å²) in [5.41, 5.74) is 2.06. The number of rotatable bonds is 6. The number of amides is 3. The number of hydrogen-bond acceptors (Lipinski definition) is 4. The molecule has 2 N–H and O–H groups in total. The van der Waals surface area contributed by atoms with Crippen molar-refractivity contribution in [1.29, 1.82) is 0 Å². The second kappa shape index (κ2) is 11.2. The number of nitrogens with zero attached hydrogens (tertiary/aromatic N) is 2. The molecule has 0 spiro atoms. The lowest BCUT2D eigenvalue weighted by Gasteiger charge is -2.29. The first-order chi connectivity index (χ1) is 18.8. The average molecular weight is 563 g/mol. The number of pyridine rings is 1. The molecule has 1 aliphatic heterocycles. The summed E-state index contributed by atoms with van der Waals surface area (Å²) < 4.78 is 14.0. The first-order valence-corrected chi connectivity index (χ1v) is 12.7. The summed E-state index contributed by atoms with van der Waals surface area (Å²) in [5, 5.41) is 6.11. The average Bonchev–Trinajstić information content (AvgIpc) is 3.01. The zero-order chi connectivity index (χ0) is 27.5. The number of halogens is 3. The van der Waals surface area contributed by atoms with Crippen molar-refractivity contribution in [3.63, 3.8) is 0 Å². The third kappa shape index (κ3) is 5.92. The van der Waals surface area contributed by atoms with Gasteiger partial charge in [0.2, 0.25) is 5.91 Å². The van der Waals surface area contributed by atoms with Crippen LogP contribution in [0.15, 0.2) is 85.1 Å². The minimum Gasteiger partial charge on any atom is -0.323 e. The molecule has 1 aliphatic rings. The summed E-state index contributed by atoms with van der Waals surface area (Å²) in [6.07, 6.45) is 1.73. The normalized spacial score (nSPS) is 14.8. The third-order valence-electron chi connectivity index (χ3n) is 6.30. The van der Waals surface area contributed by atoms with Crippen LogP contribution in [0.3, 0.4) is 0 Å². The molecule has 0 bridgehead atoms. The van der Waals surface area contributed by atoms with Crippen molar-refractivity contribution < 1.29 is 18.8 Å². The fourth-order valence-corrected chi connectivity index (χ4v) is 4.64. The van der Waals surface area contributed by atoms with Gasteiger partial charge in [0.1, 0.15) is 17.7 Å². The Morgan fingerprint density at radius 1 is 0.949 bits per heavy atom. The minimum atomic E-state index is -0.933. The number of nitrogens with one attached hydrogen (secondary N) is 2. The van der Waals surface area contributed by atoms with Crippen molar-refractivity contribution in [2.75, 3.05) is 10.6 Å². The van der Waals surface area contributed by atoms with Crippen LogP contribution < -0.4 is 10.6 Å². The Balaban J connectivity index is 1.43. The van der Waals surface area contributed by atoms with E-state index in [1.807, 2.05) is 0 Å². The summed E-state index contributed by atoms with van der Waals surface area (Å²) in [7, 11) is 0. The Bertz CT molecular complexity index is 1570. The molecular formula is C29H21Cl2FN4O3. The van der Waals surface area contributed by atoms with Gasteiger partial charge in [-0.15, -0.1) is 0 Å². The molecule has 0 aliphatic carbocycles. The highest BCUT2D eigenvalue weighted by Crippen LogP contribution is 2.29. The van der Waals surface area contributed by atoms with Gasteiger partial charge in [-0.05, 0) is 65.7 Å². The monoisotopic (exact) mass is 562 g/mol. The molecule has 3 amide bonds. The van der Waals surface area contributed by atoms with Crippen molar-refractivity contribution >= 4 is 52.4 Å². The molecule has 1 unspecified atom stereocenters. The molecule has 4 aromatic rings. The molecule has 2 heterocycles. The largest absolute Gasteiger partial charge is 0.323 e. The van der Waals surface area contributed by atoms with Crippen LogP contribution in [-0.4, -0.2) is 33.6 Å². The van der Waals surface area contributed by atoms with Crippen LogP contribution in [0, 0.1) is 5.82 Å². The van der Waals surface area contributed by atoms with Crippen LogP contribution in [-0.2, 0) is 17.8 Å². The summed E-state index contributed by atoms with van der Waals surface area (Å²) >= 11 is 12.2. The molecule has 0 radical (unpaired) electrons. The van der Waals surface area contributed by atoms with Gasteiger partial charge in [-0.2, -0.15) is 0 Å². The first kappa shape index (κ1) is 26.3. The molecule has 196 valence electrons. The Labute approximate surface area is 233 Å². The van der Waals surface area contributed by atoms with Gasteiger partial charge in [0, 0.05) is 24.7 Å². The molecule has 0 saturated carbocycles.